The third-order valence-corrected chi connectivity index (χ3v) is 1.65. The normalized spacial score (nSPS) is 11.0. The van der Waals surface area contributed by atoms with Crippen LogP contribution in [0.3, 0.4) is 0 Å². The number of aromatic nitrogens is 2. The van der Waals surface area contributed by atoms with Crippen molar-refractivity contribution in [3.05, 3.63) is 35.4 Å². The van der Waals surface area contributed by atoms with Crippen LogP contribution in [0.25, 0.3) is 11.0 Å². The molecule has 1 radical (unpaired) electrons. The molecule has 0 amide bonds. The molecule has 2 aromatic heterocycles. The Bertz CT molecular complexity index is 554. The Kier molecular flexibility index (Phi) is 2.02. The lowest BCUT2D eigenvalue weighted by atomic mass is 10.3. The SMILES string of the molecule is Fc1[c]c(F)c2nc(F)c(F)c(F)c2n1. The fourth-order valence-electron chi connectivity index (χ4n) is 1.03. The van der Waals surface area contributed by atoms with Gasteiger partial charge in [0.1, 0.15) is 11.0 Å². The van der Waals surface area contributed by atoms with Crippen molar-refractivity contribution in [1.82, 2.24) is 9.97 Å². The van der Waals surface area contributed by atoms with Gasteiger partial charge in [0.2, 0.25) is 11.8 Å². The molecule has 7 heteroatoms. The lowest BCUT2D eigenvalue weighted by Gasteiger charge is -2.01. The van der Waals surface area contributed by atoms with Crippen molar-refractivity contribution in [2.24, 2.45) is 0 Å². The van der Waals surface area contributed by atoms with Crippen LogP contribution in [0.2, 0.25) is 0 Å². The monoisotopic (exact) mass is 219 g/mol. The van der Waals surface area contributed by atoms with Gasteiger partial charge in [-0.1, -0.05) is 0 Å². The smallest absolute Gasteiger partial charge is 0.214 e. The van der Waals surface area contributed by atoms with E-state index < -0.39 is 40.4 Å². The lowest BCUT2D eigenvalue weighted by Crippen LogP contribution is -2.02. The summed E-state index contributed by atoms with van der Waals surface area (Å²) in [7, 11) is 0. The first kappa shape index (κ1) is 9.75. The highest BCUT2D eigenvalue weighted by Crippen LogP contribution is 2.20. The third kappa shape index (κ3) is 1.39. The second kappa shape index (κ2) is 3.11. The van der Waals surface area contributed by atoms with Crippen LogP contribution in [0.5, 0.6) is 0 Å². The van der Waals surface area contributed by atoms with Gasteiger partial charge in [-0.3, -0.25) is 0 Å². The minimum Gasteiger partial charge on any atom is -0.214 e. The number of fused-ring (bicyclic) bond motifs is 1. The van der Waals surface area contributed by atoms with Gasteiger partial charge in [0.05, 0.1) is 6.07 Å². The Labute approximate surface area is 79.4 Å². The standard InChI is InChI=1S/C8F5N2/c9-2-1-3(10)14-7-4(11)5(12)8(13)15-6(2)7. The Morgan fingerprint density at radius 2 is 1.47 bits per heavy atom. The molecule has 0 unspecified atom stereocenters. The van der Waals surface area contributed by atoms with Crippen molar-refractivity contribution < 1.29 is 22.0 Å². The highest BCUT2D eigenvalue weighted by molar-refractivity contribution is 5.74. The Morgan fingerprint density at radius 1 is 0.800 bits per heavy atom. The van der Waals surface area contributed by atoms with E-state index in [1.165, 1.54) is 6.07 Å². The van der Waals surface area contributed by atoms with E-state index in [-0.39, 0.29) is 0 Å². The zero-order valence-electron chi connectivity index (χ0n) is 6.78. The van der Waals surface area contributed by atoms with Crippen molar-refractivity contribution in [3.63, 3.8) is 0 Å². The number of rotatable bonds is 0. The van der Waals surface area contributed by atoms with Crippen molar-refractivity contribution in [3.8, 4) is 0 Å². The molecular weight excluding hydrogens is 219 g/mol. The minimum absolute atomic E-state index is 0.909. The summed E-state index contributed by atoms with van der Waals surface area (Å²) < 4.78 is 63.5. The maximum atomic E-state index is 13.0. The molecule has 2 rings (SSSR count). The highest BCUT2D eigenvalue weighted by Gasteiger charge is 2.19. The molecule has 2 heterocycles. The van der Waals surface area contributed by atoms with E-state index >= 15 is 0 Å². The number of nitrogens with zero attached hydrogens (tertiary/aromatic N) is 2. The first-order chi connectivity index (χ1) is 7.00. The van der Waals surface area contributed by atoms with Crippen LogP contribution in [-0.2, 0) is 0 Å². The highest BCUT2D eigenvalue weighted by atomic mass is 19.2. The van der Waals surface area contributed by atoms with Crippen LogP contribution in [-0.4, -0.2) is 9.97 Å². The van der Waals surface area contributed by atoms with Crippen LogP contribution in [0.15, 0.2) is 0 Å². The molecule has 2 nitrogen and oxygen atoms in total. The summed E-state index contributed by atoms with van der Waals surface area (Å²) in [6.07, 6.45) is 0. The Morgan fingerprint density at radius 3 is 2.13 bits per heavy atom. The third-order valence-electron chi connectivity index (χ3n) is 1.65. The van der Waals surface area contributed by atoms with E-state index in [9.17, 15) is 22.0 Å². The molecule has 0 aromatic carbocycles. The maximum Gasteiger partial charge on any atom is 0.252 e. The Balaban J connectivity index is 2.98. The minimum atomic E-state index is -1.93. The molecule has 0 atom stereocenters. The quantitative estimate of drug-likeness (QED) is 0.501. The van der Waals surface area contributed by atoms with Gasteiger partial charge in [0.25, 0.3) is 5.95 Å². The van der Waals surface area contributed by atoms with E-state index in [1.54, 1.807) is 0 Å². The molecule has 0 aliphatic carbocycles. The molecular formula is C8F5N2. The Hall–Kier alpha value is -1.79. The number of hydrogen-bond acceptors (Lipinski definition) is 2. The molecule has 0 fully saturated rings. The van der Waals surface area contributed by atoms with Crippen LogP contribution < -0.4 is 0 Å². The van der Waals surface area contributed by atoms with E-state index in [1.807, 2.05) is 0 Å². The fourth-order valence-corrected chi connectivity index (χ4v) is 1.03. The van der Waals surface area contributed by atoms with E-state index in [0.717, 1.165) is 0 Å². The molecule has 0 saturated heterocycles. The summed E-state index contributed by atoms with van der Waals surface area (Å²) in [5.74, 6) is -8.44. The molecule has 2 aromatic rings. The average molecular weight is 219 g/mol. The predicted molar refractivity (Wildman–Crippen MR) is 38.2 cm³/mol. The second-order valence-corrected chi connectivity index (χ2v) is 2.57. The van der Waals surface area contributed by atoms with Crippen molar-refractivity contribution in [2.45, 2.75) is 0 Å². The van der Waals surface area contributed by atoms with Gasteiger partial charge in [-0.2, -0.15) is 13.2 Å². The van der Waals surface area contributed by atoms with Gasteiger partial charge in [0, 0.05) is 0 Å². The van der Waals surface area contributed by atoms with Gasteiger partial charge >= 0.3 is 0 Å². The summed E-state index contributed by atoms with van der Waals surface area (Å²) in [5, 5.41) is 0. The summed E-state index contributed by atoms with van der Waals surface area (Å²) in [4.78, 5) is 5.59. The first-order valence-electron chi connectivity index (χ1n) is 3.59. The predicted octanol–water partition coefficient (Wildman–Crippen LogP) is 2.13. The van der Waals surface area contributed by atoms with Crippen molar-refractivity contribution >= 4 is 11.0 Å². The molecule has 0 N–H and O–H groups in total. The second-order valence-electron chi connectivity index (χ2n) is 2.57. The average Bonchev–Trinajstić information content (AvgIpc) is 2.17. The number of pyridine rings is 2. The molecule has 0 bridgehead atoms. The zero-order valence-corrected chi connectivity index (χ0v) is 6.78. The van der Waals surface area contributed by atoms with Gasteiger partial charge in [-0.25, -0.2) is 18.7 Å². The molecule has 0 aliphatic heterocycles. The lowest BCUT2D eigenvalue weighted by molar-refractivity contribution is 0.430. The summed E-state index contributed by atoms with van der Waals surface area (Å²) >= 11 is 0. The van der Waals surface area contributed by atoms with Crippen molar-refractivity contribution in [2.75, 3.05) is 0 Å². The maximum absolute atomic E-state index is 13.0. The van der Waals surface area contributed by atoms with Gasteiger partial charge in [-0.05, 0) is 0 Å². The van der Waals surface area contributed by atoms with E-state index in [0.29, 0.717) is 0 Å². The molecule has 0 aliphatic rings. The van der Waals surface area contributed by atoms with E-state index in [4.69, 9.17) is 0 Å². The fraction of sp³-hybridized carbons (Fsp3) is 0. The number of halogens is 5. The van der Waals surface area contributed by atoms with Gasteiger partial charge in [0.15, 0.2) is 11.6 Å². The van der Waals surface area contributed by atoms with Crippen LogP contribution in [0, 0.1) is 35.4 Å². The van der Waals surface area contributed by atoms with Crippen LogP contribution >= 0.6 is 0 Å². The van der Waals surface area contributed by atoms with Gasteiger partial charge in [-0.15, -0.1) is 0 Å². The van der Waals surface area contributed by atoms with Crippen LogP contribution in [0.1, 0.15) is 0 Å². The number of hydrogen-bond donors (Lipinski definition) is 0. The zero-order chi connectivity index (χ0) is 11.2. The molecule has 0 saturated carbocycles. The summed E-state index contributed by atoms with van der Waals surface area (Å²) in [5.41, 5.74) is -1.92. The van der Waals surface area contributed by atoms with Gasteiger partial charge < -0.3 is 0 Å². The molecule has 0 spiro atoms. The first-order valence-corrected chi connectivity index (χ1v) is 3.59. The van der Waals surface area contributed by atoms with Crippen molar-refractivity contribution in [1.29, 1.82) is 0 Å². The summed E-state index contributed by atoms with van der Waals surface area (Å²) in [6.45, 7) is 0. The molecule has 15 heavy (non-hydrogen) atoms. The van der Waals surface area contributed by atoms with E-state index in [2.05, 4.69) is 9.97 Å². The molecule has 77 valence electrons. The summed E-state index contributed by atoms with van der Waals surface area (Å²) in [6, 6.07) is 1.42. The van der Waals surface area contributed by atoms with Crippen LogP contribution in [0.4, 0.5) is 22.0 Å². The topological polar surface area (TPSA) is 25.8 Å². The largest absolute Gasteiger partial charge is 0.252 e.